The zero-order valence-electron chi connectivity index (χ0n) is 23.7. The third kappa shape index (κ3) is 8.39. The van der Waals surface area contributed by atoms with E-state index in [1.165, 1.54) is 5.57 Å². The van der Waals surface area contributed by atoms with Crippen molar-refractivity contribution in [3.8, 4) is 12.3 Å². The van der Waals surface area contributed by atoms with Gasteiger partial charge in [-0.2, -0.15) is 5.10 Å². The van der Waals surface area contributed by atoms with E-state index in [1.54, 1.807) is 37.7 Å². The Labute approximate surface area is 283 Å². The molecular weight excluding hydrogens is 553 g/mol. The van der Waals surface area contributed by atoms with Crippen LogP contribution in [0, 0.1) is 11.8 Å². The van der Waals surface area contributed by atoms with Crippen LogP contribution in [0.15, 0.2) is 69.9 Å². The maximum atomic E-state index is 6.57. The second-order valence-electron chi connectivity index (χ2n) is 8.64. The molecule has 0 saturated carbocycles. The topological polar surface area (TPSA) is 130 Å². The summed E-state index contributed by atoms with van der Waals surface area (Å²) in [7, 11) is 1.68. The van der Waals surface area contributed by atoms with Gasteiger partial charge < -0.3 is 20.7 Å². The van der Waals surface area contributed by atoms with Crippen molar-refractivity contribution in [2.75, 3.05) is 25.0 Å². The van der Waals surface area contributed by atoms with E-state index in [2.05, 4.69) is 50.7 Å². The molecule has 4 rings (SSSR count). The van der Waals surface area contributed by atoms with Gasteiger partial charge in [0.05, 0.1) is 22.1 Å². The Hall–Kier alpha value is -2.72. The molecule has 12 heteroatoms. The van der Waals surface area contributed by atoms with Crippen molar-refractivity contribution in [3.05, 3.63) is 75.8 Å². The van der Waals surface area contributed by atoms with Crippen LogP contribution in [0.4, 0.5) is 17.3 Å². The van der Waals surface area contributed by atoms with Crippen molar-refractivity contribution in [3.63, 3.8) is 0 Å². The van der Waals surface area contributed by atoms with Crippen molar-refractivity contribution in [1.29, 1.82) is 5.26 Å². The largest absolute Gasteiger partial charge is 1.00 e. The summed E-state index contributed by atoms with van der Waals surface area (Å²) in [6, 6.07) is 5.29. The molecule has 0 spiro atoms. The fourth-order valence-electron chi connectivity index (χ4n) is 4.01. The Morgan fingerprint density at radius 2 is 2.02 bits per heavy atom. The summed E-state index contributed by atoms with van der Waals surface area (Å²) < 4.78 is 6.10. The van der Waals surface area contributed by atoms with Gasteiger partial charge in [0.15, 0.2) is 0 Å². The number of hydrogen-bond acceptors (Lipinski definition) is 8. The average molecular weight is 586 g/mol. The second kappa shape index (κ2) is 16.5. The van der Waals surface area contributed by atoms with Gasteiger partial charge in [-0.1, -0.05) is 24.2 Å². The Kier molecular flexibility index (Phi) is 13.8. The molecular formula is C28H33ClKN9O. The van der Waals surface area contributed by atoms with E-state index in [4.69, 9.17) is 27.3 Å². The van der Waals surface area contributed by atoms with E-state index in [1.807, 2.05) is 30.3 Å². The number of aromatic nitrogens is 2. The van der Waals surface area contributed by atoms with E-state index in [0.29, 0.717) is 39.5 Å². The second-order valence-corrected chi connectivity index (χ2v) is 9.04. The summed E-state index contributed by atoms with van der Waals surface area (Å²) in [5, 5.41) is 17.4. The van der Waals surface area contributed by atoms with Gasteiger partial charge in [-0.25, -0.2) is 25.2 Å². The molecule has 1 saturated heterocycles. The molecule has 1 fully saturated rings. The summed E-state index contributed by atoms with van der Waals surface area (Å²) in [5.41, 5.74) is 10.2. The molecule has 0 radical (unpaired) electrons. The van der Waals surface area contributed by atoms with Gasteiger partial charge >= 0.3 is 51.4 Å². The fraction of sp³-hybridized carbons (Fsp3) is 0.321. The summed E-state index contributed by atoms with van der Waals surface area (Å²) in [6.45, 7) is 11.4. The summed E-state index contributed by atoms with van der Waals surface area (Å²) in [6.07, 6.45) is 12.3. The Morgan fingerprint density at radius 1 is 1.30 bits per heavy atom. The fourth-order valence-corrected chi connectivity index (χ4v) is 4.22. The van der Waals surface area contributed by atoms with Gasteiger partial charge in [0.25, 0.3) is 0 Å². The summed E-state index contributed by atoms with van der Waals surface area (Å²) >= 11 is 6.57. The molecule has 3 heterocycles. The smallest absolute Gasteiger partial charge is 0.684 e. The van der Waals surface area contributed by atoms with Crippen LogP contribution < -0.4 is 66.8 Å². The molecule has 0 bridgehead atoms. The van der Waals surface area contributed by atoms with Gasteiger partial charge in [0, 0.05) is 44.3 Å². The van der Waals surface area contributed by atoms with E-state index < -0.39 is 0 Å². The van der Waals surface area contributed by atoms with E-state index in [9.17, 15) is 0 Å². The Bertz CT molecular complexity index is 1340. The molecule has 0 aliphatic carbocycles. The number of nitriles is 1. The minimum Gasteiger partial charge on any atom is -0.684 e. The van der Waals surface area contributed by atoms with Crippen LogP contribution in [0.1, 0.15) is 45.7 Å². The standard InChI is InChI=1S/C27H32ClN8O.CHN.K/c1-5-18(3)23-16-20(11-14-36(23)32-6-2)37-24-10-9-19(15-21(24)28)33-26(29)25-22(30-4)17-31-27(34-25)35-12-7-8-13-35;1-2;/h6,9-11,14-17H,5,7-8,12-13H2,1-4H3,(H2,29,33);1H;/q-1;;+1/b23-18?,32-6-;;. The maximum Gasteiger partial charge on any atom is 1.00 e. The van der Waals surface area contributed by atoms with Crippen molar-refractivity contribution >= 4 is 41.0 Å². The van der Waals surface area contributed by atoms with E-state index >= 15 is 0 Å². The molecule has 10 nitrogen and oxygen atoms in total. The van der Waals surface area contributed by atoms with Gasteiger partial charge in [-0.15, -0.1) is 7.05 Å². The normalized spacial score (nSPS) is 16.2. The molecule has 2 aliphatic heterocycles. The van der Waals surface area contributed by atoms with Crippen molar-refractivity contribution < 1.29 is 56.1 Å². The number of amidine groups is 1. The zero-order chi connectivity index (χ0) is 28.4. The monoisotopic (exact) mass is 585 g/mol. The predicted octanol–water partition coefficient (Wildman–Crippen LogP) is 3.33. The first-order valence-corrected chi connectivity index (χ1v) is 13.0. The third-order valence-electron chi connectivity index (χ3n) is 6.14. The Morgan fingerprint density at radius 3 is 2.65 bits per heavy atom. The van der Waals surface area contributed by atoms with Crippen LogP contribution in [0.2, 0.25) is 5.02 Å². The number of nitrogens with zero attached hydrogens (tertiary/aromatic N) is 8. The van der Waals surface area contributed by atoms with Crippen molar-refractivity contribution in [1.82, 2.24) is 15.0 Å². The number of rotatable bonds is 8. The van der Waals surface area contributed by atoms with Gasteiger partial charge in [-0.05, 0) is 63.0 Å². The van der Waals surface area contributed by atoms with Crippen LogP contribution in [-0.2, 0) is 0 Å². The average Bonchev–Trinajstić information content (AvgIpc) is 3.51. The number of hydrazone groups is 1. The molecule has 0 atom stereocenters. The van der Waals surface area contributed by atoms with Gasteiger partial charge in [-0.3, -0.25) is 0 Å². The molecule has 204 valence electrons. The third-order valence-corrected chi connectivity index (χ3v) is 6.43. The number of aliphatic imine (C=N–C) groups is 1. The molecule has 2 N–H and O–H groups in total. The zero-order valence-corrected chi connectivity index (χ0v) is 27.6. The SMILES string of the molecule is C#N.C/C=N\N1C=CC(Oc2ccc(N=C(N)c3nc(N4CCCC4)ncc3[N-]C)cc2Cl)=CC1=C(C)CC.[K+]. The number of allylic oxidation sites excluding steroid dienone is 3. The first kappa shape index (κ1) is 33.5. The predicted molar refractivity (Wildman–Crippen MR) is 158 cm³/mol. The molecule has 1 aromatic heterocycles. The molecule has 0 amide bonds. The van der Waals surface area contributed by atoms with Crippen molar-refractivity contribution in [2.24, 2.45) is 15.8 Å². The molecule has 1 aromatic carbocycles. The molecule has 2 aliphatic rings. The van der Waals surface area contributed by atoms with Crippen LogP contribution >= 0.6 is 11.6 Å². The number of halogens is 1. The molecule has 40 heavy (non-hydrogen) atoms. The maximum absolute atomic E-state index is 6.57. The number of nitrogens with two attached hydrogens (primary N) is 1. The van der Waals surface area contributed by atoms with Crippen LogP contribution in [0.25, 0.3) is 5.32 Å². The number of benzene rings is 1. The van der Waals surface area contributed by atoms with Crippen LogP contribution in [0.3, 0.4) is 0 Å². The van der Waals surface area contributed by atoms with Crippen molar-refractivity contribution in [2.45, 2.75) is 40.0 Å². The van der Waals surface area contributed by atoms with Crippen LogP contribution in [0.5, 0.6) is 5.75 Å². The first-order valence-electron chi connectivity index (χ1n) is 12.6. The minimum atomic E-state index is 0. The molecule has 0 unspecified atom stereocenters. The van der Waals surface area contributed by atoms with Gasteiger partial charge in [0.2, 0.25) is 5.95 Å². The van der Waals surface area contributed by atoms with E-state index in [0.717, 1.165) is 38.0 Å². The quantitative estimate of drug-likeness (QED) is 0.286. The van der Waals surface area contributed by atoms with E-state index in [-0.39, 0.29) is 57.2 Å². The first-order chi connectivity index (χ1) is 18.9. The van der Waals surface area contributed by atoms with Crippen LogP contribution in [-0.4, -0.2) is 47.2 Å². The summed E-state index contributed by atoms with van der Waals surface area (Å²) in [5.74, 6) is 2.06. The number of ether oxygens (including phenoxy) is 1. The minimum absolute atomic E-state index is 0. The summed E-state index contributed by atoms with van der Waals surface area (Å²) in [4.78, 5) is 15.8. The number of hydrogen-bond donors (Lipinski definition) is 1. The molecule has 2 aromatic rings. The van der Waals surface area contributed by atoms with Gasteiger partial charge in [0.1, 0.15) is 17.3 Å². The number of anilines is 1. The Balaban J connectivity index is 0.00000183.